The lowest BCUT2D eigenvalue weighted by molar-refractivity contribution is -0.134. The summed E-state index contributed by atoms with van der Waals surface area (Å²) in [5, 5.41) is 0. The van der Waals surface area contributed by atoms with E-state index >= 15 is 0 Å². The number of ether oxygens (including phenoxy) is 1. The molecular formula is C10H17NO3. The van der Waals surface area contributed by atoms with Gasteiger partial charge in [-0.25, -0.2) is 0 Å². The first-order chi connectivity index (χ1) is 6.59. The zero-order chi connectivity index (χ0) is 10.6. The average molecular weight is 199 g/mol. The Kier molecular flexibility index (Phi) is 4.07. The van der Waals surface area contributed by atoms with Gasteiger partial charge in [0, 0.05) is 19.4 Å². The van der Waals surface area contributed by atoms with Crippen molar-refractivity contribution in [3.05, 3.63) is 0 Å². The van der Waals surface area contributed by atoms with Gasteiger partial charge in [0.05, 0.1) is 6.61 Å². The largest absolute Gasteiger partial charge is 0.361 e. The van der Waals surface area contributed by atoms with Gasteiger partial charge in [-0.05, 0) is 12.8 Å². The molecule has 1 fully saturated rings. The van der Waals surface area contributed by atoms with Crippen molar-refractivity contribution in [3.63, 3.8) is 0 Å². The fraction of sp³-hybridized carbons (Fsp3) is 0.800. The van der Waals surface area contributed by atoms with Crippen molar-refractivity contribution in [3.8, 4) is 0 Å². The Labute approximate surface area is 84.2 Å². The van der Waals surface area contributed by atoms with Crippen molar-refractivity contribution >= 4 is 11.7 Å². The Bertz CT molecular complexity index is 227. The standard InChI is InChI=1S/C10H17NO3/c1-8-5-10(13)11(7-14-6-8)4-3-9(2)12/h8H,3-7H2,1-2H3. The summed E-state index contributed by atoms with van der Waals surface area (Å²) in [5.74, 6) is 0.483. The maximum atomic E-state index is 11.6. The second-order valence-corrected chi connectivity index (χ2v) is 3.92. The number of amides is 1. The van der Waals surface area contributed by atoms with Crippen molar-refractivity contribution in [2.24, 2.45) is 5.92 Å². The average Bonchev–Trinajstić information content (AvgIpc) is 2.23. The highest BCUT2D eigenvalue weighted by molar-refractivity contribution is 5.79. The number of carbonyl (C=O) groups excluding carboxylic acids is 2. The van der Waals surface area contributed by atoms with Crippen LogP contribution in [0.4, 0.5) is 0 Å². The summed E-state index contributed by atoms with van der Waals surface area (Å²) in [5.41, 5.74) is 0. The minimum Gasteiger partial charge on any atom is -0.361 e. The first kappa shape index (κ1) is 11.2. The molecule has 0 N–H and O–H groups in total. The van der Waals surface area contributed by atoms with Gasteiger partial charge in [-0.3, -0.25) is 9.59 Å². The minimum atomic E-state index is 0.0938. The fourth-order valence-corrected chi connectivity index (χ4v) is 1.40. The molecule has 4 nitrogen and oxygen atoms in total. The van der Waals surface area contributed by atoms with Crippen LogP contribution in [0.5, 0.6) is 0 Å². The second-order valence-electron chi connectivity index (χ2n) is 3.92. The highest BCUT2D eigenvalue weighted by Crippen LogP contribution is 2.11. The second kappa shape index (κ2) is 5.10. The van der Waals surface area contributed by atoms with E-state index in [0.29, 0.717) is 32.7 Å². The normalized spacial score (nSPS) is 23.4. The number of ketones is 1. The van der Waals surface area contributed by atoms with Crippen molar-refractivity contribution in [1.29, 1.82) is 0 Å². The number of hydrogen-bond donors (Lipinski definition) is 0. The maximum absolute atomic E-state index is 11.6. The van der Waals surface area contributed by atoms with Gasteiger partial charge in [-0.2, -0.15) is 0 Å². The molecule has 1 saturated heterocycles. The van der Waals surface area contributed by atoms with Gasteiger partial charge in [-0.15, -0.1) is 0 Å². The Hall–Kier alpha value is -0.900. The highest BCUT2D eigenvalue weighted by atomic mass is 16.5. The van der Waals surface area contributed by atoms with Gasteiger partial charge in [0.1, 0.15) is 12.5 Å². The van der Waals surface area contributed by atoms with Crippen LogP contribution in [0.25, 0.3) is 0 Å². The molecule has 1 heterocycles. The Morgan fingerprint density at radius 2 is 2.36 bits per heavy atom. The van der Waals surface area contributed by atoms with Crippen LogP contribution in [0.2, 0.25) is 0 Å². The van der Waals surface area contributed by atoms with Crippen LogP contribution in [0.3, 0.4) is 0 Å². The predicted molar refractivity (Wildman–Crippen MR) is 51.6 cm³/mol. The van der Waals surface area contributed by atoms with Crippen LogP contribution in [0.1, 0.15) is 26.7 Å². The Morgan fingerprint density at radius 3 is 3.00 bits per heavy atom. The van der Waals surface area contributed by atoms with Crippen LogP contribution in [-0.4, -0.2) is 36.5 Å². The van der Waals surface area contributed by atoms with Gasteiger partial charge in [0.2, 0.25) is 5.91 Å². The van der Waals surface area contributed by atoms with Gasteiger partial charge in [0.15, 0.2) is 0 Å². The molecule has 1 amide bonds. The molecule has 0 saturated carbocycles. The molecule has 1 rings (SSSR count). The van der Waals surface area contributed by atoms with E-state index in [0.717, 1.165) is 0 Å². The summed E-state index contributed by atoms with van der Waals surface area (Å²) in [6.45, 7) is 4.97. The van der Waals surface area contributed by atoms with Gasteiger partial charge in [0.25, 0.3) is 0 Å². The van der Waals surface area contributed by atoms with Gasteiger partial charge in [-0.1, -0.05) is 6.92 Å². The molecule has 4 heteroatoms. The number of Topliss-reactive ketones (excluding diaryl/α,β-unsaturated/α-hetero) is 1. The number of rotatable bonds is 3. The quantitative estimate of drug-likeness (QED) is 0.675. The molecule has 0 aliphatic carbocycles. The fourth-order valence-electron chi connectivity index (χ4n) is 1.40. The van der Waals surface area contributed by atoms with Gasteiger partial charge >= 0.3 is 0 Å². The third-order valence-corrected chi connectivity index (χ3v) is 2.26. The van der Waals surface area contributed by atoms with Crippen LogP contribution < -0.4 is 0 Å². The van der Waals surface area contributed by atoms with Crippen molar-refractivity contribution < 1.29 is 14.3 Å². The maximum Gasteiger partial charge on any atom is 0.224 e. The van der Waals surface area contributed by atoms with Crippen molar-refractivity contribution in [2.45, 2.75) is 26.7 Å². The SMILES string of the molecule is CC(=O)CCN1COCC(C)CC1=O. The lowest BCUT2D eigenvalue weighted by Gasteiger charge is -2.18. The third kappa shape index (κ3) is 3.46. The zero-order valence-corrected chi connectivity index (χ0v) is 8.78. The zero-order valence-electron chi connectivity index (χ0n) is 8.78. The molecule has 1 unspecified atom stereocenters. The summed E-state index contributed by atoms with van der Waals surface area (Å²) >= 11 is 0. The molecule has 0 aromatic carbocycles. The predicted octanol–water partition coefficient (Wildman–Crippen LogP) is 0.808. The number of carbonyl (C=O) groups is 2. The molecule has 1 aliphatic heterocycles. The third-order valence-electron chi connectivity index (χ3n) is 2.26. The Balaban J connectivity index is 2.42. The van der Waals surface area contributed by atoms with Crippen molar-refractivity contribution in [1.82, 2.24) is 4.90 Å². The van der Waals surface area contributed by atoms with Gasteiger partial charge < -0.3 is 9.64 Å². The van der Waals surface area contributed by atoms with E-state index in [1.807, 2.05) is 6.92 Å². The van der Waals surface area contributed by atoms with E-state index in [1.165, 1.54) is 6.92 Å². The Morgan fingerprint density at radius 1 is 1.64 bits per heavy atom. The van der Waals surface area contributed by atoms with Crippen LogP contribution >= 0.6 is 0 Å². The molecule has 0 bridgehead atoms. The van der Waals surface area contributed by atoms with Crippen LogP contribution in [0.15, 0.2) is 0 Å². The molecule has 80 valence electrons. The highest BCUT2D eigenvalue weighted by Gasteiger charge is 2.20. The van der Waals surface area contributed by atoms with E-state index in [9.17, 15) is 9.59 Å². The first-order valence-corrected chi connectivity index (χ1v) is 4.94. The number of hydrogen-bond acceptors (Lipinski definition) is 3. The summed E-state index contributed by atoms with van der Waals surface area (Å²) < 4.78 is 5.32. The number of nitrogens with zero attached hydrogens (tertiary/aromatic N) is 1. The van der Waals surface area contributed by atoms with E-state index in [1.54, 1.807) is 4.90 Å². The lowest BCUT2D eigenvalue weighted by atomic mass is 10.1. The van der Waals surface area contributed by atoms with E-state index < -0.39 is 0 Å². The smallest absolute Gasteiger partial charge is 0.224 e. The molecule has 1 aliphatic rings. The summed E-state index contributed by atoms with van der Waals surface area (Å²) in [4.78, 5) is 24.0. The minimum absolute atomic E-state index is 0.0938. The van der Waals surface area contributed by atoms with E-state index in [4.69, 9.17) is 4.74 Å². The molecule has 0 radical (unpaired) electrons. The lowest BCUT2D eigenvalue weighted by Crippen LogP contribution is -2.33. The van der Waals surface area contributed by atoms with Crippen LogP contribution in [-0.2, 0) is 14.3 Å². The van der Waals surface area contributed by atoms with E-state index in [-0.39, 0.29) is 17.6 Å². The van der Waals surface area contributed by atoms with Crippen molar-refractivity contribution in [2.75, 3.05) is 19.9 Å². The molecule has 0 aromatic heterocycles. The topological polar surface area (TPSA) is 46.6 Å². The molecule has 0 spiro atoms. The molecule has 1 atom stereocenters. The molecule has 0 aromatic rings. The molecular weight excluding hydrogens is 182 g/mol. The summed E-state index contributed by atoms with van der Waals surface area (Å²) in [6.07, 6.45) is 0.946. The molecule has 14 heavy (non-hydrogen) atoms. The van der Waals surface area contributed by atoms with Crippen LogP contribution in [0, 0.1) is 5.92 Å². The monoisotopic (exact) mass is 199 g/mol. The van der Waals surface area contributed by atoms with E-state index in [2.05, 4.69) is 0 Å². The first-order valence-electron chi connectivity index (χ1n) is 4.94. The summed E-state index contributed by atoms with van der Waals surface area (Å²) in [7, 11) is 0. The summed E-state index contributed by atoms with van der Waals surface area (Å²) in [6, 6.07) is 0.